The van der Waals surface area contributed by atoms with E-state index in [-0.39, 0.29) is 24.4 Å². The van der Waals surface area contributed by atoms with E-state index >= 15 is 0 Å². The Balaban J connectivity index is 0.00000243. The Labute approximate surface area is 164 Å². The minimum atomic E-state index is -0.949. The van der Waals surface area contributed by atoms with Gasteiger partial charge in [0.1, 0.15) is 0 Å². The molecule has 0 radical (unpaired) electrons. The summed E-state index contributed by atoms with van der Waals surface area (Å²) in [5.74, 6) is 1.71. The molecule has 1 amide bonds. The molecule has 5 nitrogen and oxygen atoms in total. The smallest absolute Gasteiger partial charge is 0.241 e. The van der Waals surface area contributed by atoms with Gasteiger partial charge in [0.25, 0.3) is 0 Å². The molecule has 1 aliphatic heterocycles. The number of methoxy groups -OCH3 is 1. The first-order valence-electron chi connectivity index (χ1n) is 9.15. The lowest BCUT2D eigenvalue weighted by atomic mass is 9.85. The molecule has 2 N–H and O–H groups in total. The van der Waals surface area contributed by atoms with Gasteiger partial charge in [0.15, 0.2) is 0 Å². The monoisotopic (exact) mass is 400 g/mol. The lowest BCUT2D eigenvalue weighted by molar-refractivity contribution is -0.117. The van der Waals surface area contributed by atoms with Crippen LogP contribution in [0.4, 0.5) is 5.69 Å². The molecular weight excluding hydrogens is 372 g/mol. The second kappa shape index (κ2) is 10.4. The Morgan fingerprint density at radius 1 is 1.35 bits per heavy atom. The molecule has 2 aliphatic rings. The number of halogens is 1. The molecule has 0 bridgehead atoms. The van der Waals surface area contributed by atoms with E-state index in [1.54, 1.807) is 7.11 Å². The molecule has 1 aliphatic carbocycles. The number of carbonyl (C=O) groups excluding carboxylic acids is 1. The van der Waals surface area contributed by atoms with Gasteiger partial charge in [-0.05, 0) is 42.9 Å². The van der Waals surface area contributed by atoms with E-state index in [1.807, 2.05) is 24.3 Å². The van der Waals surface area contributed by atoms with Crippen molar-refractivity contribution in [2.24, 2.45) is 5.92 Å². The average Bonchev–Trinajstić information content (AvgIpc) is 3.04. The van der Waals surface area contributed by atoms with E-state index < -0.39 is 10.8 Å². The van der Waals surface area contributed by atoms with Crippen molar-refractivity contribution in [3.8, 4) is 0 Å². The van der Waals surface area contributed by atoms with Crippen LogP contribution in [0.15, 0.2) is 24.3 Å². The van der Waals surface area contributed by atoms with E-state index in [9.17, 15) is 9.00 Å². The topological polar surface area (TPSA) is 67.4 Å². The van der Waals surface area contributed by atoms with Crippen molar-refractivity contribution in [1.29, 1.82) is 0 Å². The Morgan fingerprint density at radius 3 is 2.92 bits per heavy atom. The van der Waals surface area contributed by atoms with Crippen LogP contribution in [-0.4, -0.2) is 41.7 Å². The van der Waals surface area contributed by atoms with Gasteiger partial charge in [-0.1, -0.05) is 25.0 Å². The van der Waals surface area contributed by atoms with Crippen molar-refractivity contribution in [2.75, 3.05) is 24.8 Å². The summed E-state index contributed by atoms with van der Waals surface area (Å²) < 4.78 is 17.0. The highest BCUT2D eigenvalue weighted by Crippen LogP contribution is 2.33. The van der Waals surface area contributed by atoms with Crippen LogP contribution in [0, 0.1) is 5.92 Å². The summed E-state index contributed by atoms with van der Waals surface area (Å²) >= 11 is 0. The first kappa shape index (κ1) is 21.4. The number of anilines is 1. The SMILES string of the molecule is COCCS(=O)Cc1cccc(NC(=O)C2CC3CCCCC3N2)c1.Cl. The van der Waals surface area contributed by atoms with Gasteiger partial charge in [-0.25, -0.2) is 0 Å². The first-order valence-corrected chi connectivity index (χ1v) is 10.6. The highest BCUT2D eigenvalue weighted by molar-refractivity contribution is 7.84. The third kappa shape index (κ3) is 5.78. The minimum Gasteiger partial charge on any atom is -0.384 e. The van der Waals surface area contributed by atoms with E-state index in [0.717, 1.165) is 17.7 Å². The molecule has 4 unspecified atom stereocenters. The van der Waals surface area contributed by atoms with Gasteiger partial charge in [0.2, 0.25) is 5.91 Å². The van der Waals surface area contributed by atoms with E-state index in [2.05, 4.69) is 10.6 Å². The van der Waals surface area contributed by atoms with Gasteiger partial charge in [0, 0.05) is 41.1 Å². The molecule has 1 saturated heterocycles. The summed E-state index contributed by atoms with van der Waals surface area (Å²) in [6, 6.07) is 8.08. The van der Waals surface area contributed by atoms with Crippen LogP contribution in [0.2, 0.25) is 0 Å². The highest BCUT2D eigenvalue weighted by atomic mass is 35.5. The summed E-state index contributed by atoms with van der Waals surface area (Å²) in [7, 11) is 0.663. The van der Waals surface area contributed by atoms with Crippen molar-refractivity contribution in [1.82, 2.24) is 5.32 Å². The molecule has 1 saturated carbocycles. The molecule has 146 valence electrons. The maximum atomic E-state index is 12.6. The Morgan fingerprint density at radius 2 is 2.15 bits per heavy atom. The van der Waals surface area contributed by atoms with Crippen molar-refractivity contribution in [3.63, 3.8) is 0 Å². The summed E-state index contributed by atoms with van der Waals surface area (Å²) in [6.07, 6.45) is 5.93. The van der Waals surface area contributed by atoms with Crippen LogP contribution in [0.25, 0.3) is 0 Å². The molecule has 1 aromatic rings. The fraction of sp³-hybridized carbons (Fsp3) is 0.632. The summed E-state index contributed by atoms with van der Waals surface area (Å²) in [4.78, 5) is 12.6. The molecule has 1 aromatic carbocycles. The van der Waals surface area contributed by atoms with Gasteiger partial charge >= 0.3 is 0 Å². The van der Waals surface area contributed by atoms with E-state index in [4.69, 9.17) is 4.74 Å². The molecular formula is C19H29ClN2O3S. The molecule has 3 rings (SSSR count). The van der Waals surface area contributed by atoms with Crippen molar-refractivity contribution >= 4 is 34.8 Å². The molecule has 7 heteroatoms. The van der Waals surface area contributed by atoms with Crippen molar-refractivity contribution in [3.05, 3.63) is 29.8 Å². The minimum absolute atomic E-state index is 0. The zero-order chi connectivity index (χ0) is 17.6. The van der Waals surface area contributed by atoms with Crippen molar-refractivity contribution in [2.45, 2.75) is 49.9 Å². The molecule has 2 fully saturated rings. The maximum Gasteiger partial charge on any atom is 0.241 e. The zero-order valence-electron chi connectivity index (χ0n) is 15.2. The number of carbonyl (C=O) groups is 1. The van der Waals surface area contributed by atoms with Gasteiger partial charge in [-0.15, -0.1) is 12.4 Å². The fourth-order valence-electron chi connectivity index (χ4n) is 3.92. The number of nitrogens with one attached hydrogen (secondary N) is 2. The largest absolute Gasteiger partial charge is 0.384 e. The highest BCUT2D eigenvalue weighted by Gasteiger charge is 2.38. The van der Waals surface area contributed by atoms with Gasteiger partial charge in [-0.3, -0.25) is 9.00 Å². The molecule has 1 heterocycles. The van der Waals surface area contributed by atoms with Gasteiger partial charge < -0.3 is 15.4 Å². The Kier molecular flexibility index (Phi) is 8.54. The standard InChI is InChI=1S/C19H28N2O3S.ClH/c1-24-9-10-25(23)13-14-5-4-7-16(11-14)20-19(22)18-12-15-6-2-3-8-17(15)21-18;/h4-5,7,11,15,17-18,21H,2-3,6,8-10,12-13H2,1H3,(H,20,22);1H. The lowest BCUT2D eigenvalue weighted by Gasteiger charge is -2.24. The quantitative estimate of drug-likeness (QED) is 0.738. The average molecular weight is 401 g/mol. The van der Waals surface area contributed by atoms with E-state index in [0.29, 0.717) is 30.1 Å². The number of benzene rings is 1. The number of ether oxygens (including phenoxy) is 1. The second-order valence-corrected chi connectivity index (χ2v) is 8.65. The maximum absolute atomic E-state index is 12.6. The number of hydrogen-bond donors (Lipinski definition) is 2. The first-order chi connectivity index (χ1) is 12.2. The predicted octanol–water partition coefficient (Wildman–Crippen LogP) is 2.86. The second-order valence-electron chi connectivity index (χ2n) is 7.08. The van der Waals surface area contributed by atoms with Crippen LogP contribution in [0.5, 0.6) is 0 Å². The predicted molar refractivity (Wildman–Crippen MR) is 108 cm³/mol. The summed E-state index contributed by atoms with van der Waals surface area (Å²) in [5, 5.41) is 6.53. The molecule has 4 atom stereocenters. The van der Waals surface area contributed by atoms with E-state index in [1.165, 1.54) is 25.7 Å². The normalized spacial score (nSPS) is 25.8. The lowest BCUT2D eigenvalue weighted by Crippen LogP contribution is -2.39. The Bertz CT molecular complexity index is 615. The number of hydrogen-bond acceptors (Lipinski definition) is 4. The summed E-state index contributed by atoms with van der Waals surface area (Å²) in [6.45, 7) is 0.499. The van der Waals surface area contributed by atoms with Crippen LogP contribution in [0.3, 0.4) is 0 Å². The number of fused-ring (bicyclic) bond motifs is 1. The molecule has 0 aromatic heterocycles. The van der Waals surface area contributed by atoms with Gasteiger partial charge in [-0.2, -0.15) is 0 Å². The van der Waals surface area contributed by atoms with Crippen molar-refractivity contribution < 1.29 is 13.7 Å². The molecule has 0 spiro atoms. The van der Waals surface area contributed by atoms with Crippen LogP contribution in [-0.2, 0) is 26.1 Å². The molecule has 26 heavy (non-hydrogen) atoms. The third-order valence-electron chi connectivity index (χ3n) is 5.22. The number of rotatable bonds is 7. The zero-order valence-corrected chi connectivity index (χ0v) is 16.9. The van der Waals surface area contributed by atoms with Crippen LogP contribution >= 0.6 is 12.4 Å². The Hall–Kier alpha value is -0.950. The summed E-state index contributed by atoms with van der Waals surface area (Å²) in [5.41, 5.74) is 1.75. The fourth-order valence-corrected chi connectivity index (χ4v) is 4.97. The van der Waals surface area contributed by atoms with Crippen LogP contribution in [0.1, 0.15) is 37.7 Å². The number of amides is 1. The van der Waals surface area contributed by atoms with Crippen LogP contribution < -0.4 is 10.6 Å². The third-order valence-corrected chi connectivity index (χ3v) is 6.49. The van der Waals surface area contributed by atoms with Gasteiger partial charge in [0.05, 0.1) is 12.6 Å².